The van der Waals surface area contributed by atoms with Crippen molar-refractivity contribution in [3.63, 3.8) is 0 Å². The van der Waals surface area contributed by atoms with E-state index in [9.17, 15) is 4.79 Å². The van der Waals surface area contributed by atoms with Crippen molar-refractivity contribution in [2.24, 2.45) is 5.41 Å². The van der Waals surface area contributed by atoms with E-state index in [1.165, 1.54) is 0 Å². The molecule has 3 heteroatoms. The van der Waals surface area contributed by atoms with Crippen LogP contribution in [0, 0.1) is 5.41 Å². The maximum absolute atomic E-state index is 12.5. The van der Waals surface area contributed by atoms with Crippen molar-refractivity contribution in [1.29, 1.82) is 0 Å². The fourth-order valence-corrected chi connectivity index (χ4v) is 3.15. The van der Waals surface area contributed by atoms with Gasteiger partial charge in [0.1, 0.15) is 0 Å². The van der Waals surface area contributed by atoms with Gasteiger partial charge in [-0.25, -0.2) is 0 Å². The van der Waals surface area contributed by atoms with Crippen LogP contribution in [0.3, 0.4) is 0 Å². The van der Waals surface area contributed by atoms with Crippen molar-refractivity contribution in [2.45, 2.75) is 18.9 Å². The molecule has 108 valence electrons. The Labute approximate surface area is 133 Å². The highest BCUT2D eigenvalue weighted by Crippen LogP contribution is 2.49. The van der Waals surface area contributed by atoms with Crippen LogP contribution in [0.25, 0.3) is 0 Å². The number of alkyl halides is 1. The van der Waals surface area contributed by atoms with E-state index in [4.69, 9.17) is 4.74 Å². The van der Waals surface area contributed by atoms with E-state index < -0.39 is 0 Å². The van der Waals surface area contributed by atoms with Crippen LogP contribution in [0.2, 0.25) is 0 Å². The average molecular weight is 345 g/mol. The summed E-state index contributed by atoms with van der Waals surface area (Å²) >= 11 is 3.44. The van der Waals surface area contributed by atoms with Gasteiger partial charge in [0.25, 0.3) is 0 Å². The molecule has 0 aliphatic heterocycles. The molecule has 2 aromatic rings. The molecule has 0 atom stereocenters. The number of benzene rings is 2. The molecule has 0 radical (unpaired) electrons. The van der Waals surface area contributed by atoms with Crippen molar-refractivity contribution in [1.82, 2.24) is 0 Å². The molecule has 1 aliphatic rings. The van der Waals surface area contributed by atoms with E-state index in [2.05, 4.69) is 15.9 Å². The quantitative estimate of drug-likeness (QED) is 0.589. The van der Waals surface area contributed by atoms with E-state index in [0.29, 0.717) is 5.33 Å². The number of esters is 1. The second-order valence-corrected chi connectivity index (χ2v) is 6.08. The van der Waals surface area contributed by atoms with Gasteiger partial charge < -0.3 is 4.74 Å². The van der Waals surface area contributed by atoms with Crippen molar-refractivity contribution in [3.8, 4) is 0 Å². The second kappa shape index (κ2) is 6.02. The van der Waals surface area contributed by atoms with Crippen molar-refractivity contribution >= 4 is 21.9 Å². The summed E-state index contributed by atoms with van der Waals surface area (Å²) in [6, 6.07) is 19.8. The molecule has 0 bridgehead atoms. The van der Waals surface area contributed by atoms with E-state index in [1.54, 1.807) is 0 Å². The van der Waals surface area contributed by atoms with Crippen molar-refractivity contribution < 1.29 is 9.53 Å². The molecule has 0 spiro atoms. The molecule has 0 saturated heterocycles. The molecule has 2 nitrogen and oxygen atoms in total. The minimum absolute atomic E-state index is 0.0999. The van der Waals surface area contributed by atoms with Gasteiger partial charge in [0.05, 0.1) is 5.41 Å². The molecule has 0 heterocycles. The van der Waals surface area contributed by atoms with E-state index in [-0.39, 0.29) is 17.5 Å². The summed E-state index contributed by atoms with van der Waals surface area (Å²) in [6.07, 6.45) is 1.48. The average Bonchev–Trinajstić information content (AvgIpc) is 3.35. The van der Waals surface area contributed by atoms with Gasteiger partial charge in [-0.1, -0.05) is 76.6 Å². The van der Waals surface area contributed by atoms with E-state index in [1.807, 2.05) is 60.7 Å². The van der Waals surface area contributed by atoms with Crippen LogP contribution in [-0.2, 0) is 9.53 Å². The lowest BCUT2D eigenvalue weighted by Crippen LogP contribution is -2.23. The normalized spacial score (nSPS) is 15.7. The number of hydrogen-bond donors (Lipinski definition) is 0. The number of carbonyl (C=O) groups is 1. The van der Waals surface area contributed by atoms with Gasteiger partial charge in [-0.3, -0.25) is 4.79 Å². The number of carbonyl (C=O) groups excluding carboxylic acids is 1. The fourth-order valence-electron chi connectivity index (χ4n) is 2.36. The third-order valence-electron chi connectivity index (χ3n) is 3.97. The van der Waals surface area contributed by atoms with Crippen LogP contribution in [0.1, 0.15) is 30.1 Å². The van der Waals surface area contributed by atoms with Crippen LogP contribution in [-0.4, -0.2) is 11.3 Å². The first-order valence-corrected chi connectivity index (χ1v) is 8.24. The van der Waals surface area contributed by atoms with Crippen LogP contribution in [0.5, 0.6) is 0 Å². The highest BCUT2D eigenvalue weighted by Gasteiger charge is 2.51. The third-order valence-corrected chi connectivity index (χ3v) is 5.05. The number of ether oxygens (including phenoxy) is 1. The third kappa shape index (κ3) is 3.03. The van der Waals surface area contributed by atoms with Gasteiger partial charge in [-0.2, -0.15) is 0 Å². The molecular weight excluding hydrogens is 328 g/mol. The predicted octanol–water partition coefficient (Wildman–Crippen LogP) is 4.49. The summed E-state index contributed by atoms with van der Waals surface area (Å²) in [6.45, 7) is 0. The molecule has 0 N–H and O–H groups in total. The zero-order valence-corrected chi connectivity index (χ0v) is 13.3. The molecule has 1 fully saturated rings. The highest BCUT2D eigenvalue weighted by molar-refractivity contribution is 9.09. The van der Waals surface area contributed by atoms with Gasteiger partial charge in [0.2, 0.25) is 0 Å². The molecule has 3 rings (SSSR count). The van der Waals surface area contributed by atoms with Gasteiger partial charge in [-0.05, 0) is 24.0 Å². The minimum Gasteiger partial charge on any atom is -0.452 e. The molecule has 1 saturated carbocycles. The molecule has 21 heavy (non-hydrogen) atoms. The molecule has 0 unspecified atom stereocenters. The summed E-state index contributed by atoms with van der Waals surface area (Å²) in [7, 11) is 0. The van der Waals surface area contributed by atoms with Gasteiger partial charge in [0, 0.05) is 5.33 Å². The first-order valence-electron chi connectivity index (χ1n) is 7.12. The lowest BCUT2D eigenvalue weighted by Gasteiger charge is -2.21. The Bertz CT molecular complexity index is 566. The molecule has 0 aromatic heterocycles. The van der Waals surface area contributed by atoms with Crippen molar-refractivity contribution in [3.05, 3.63) is 71.8 Å². The Hall–Kier alpha value is -1.61. The summed E-state index contributed by atoms with van der Waals surface area (Å²) in [5.41, 5.74) is 1.70. The van der Waals surface area contributed by atoms with Gasteiger partial charge in [-0.15, -0.1) is 0 Å². The molecule has 1 aliphatic carbocycles. The number of rotatable bonds is 5. The Morgan fingerprint density at radius 3 is 1.86 bits per heavy atom. The van der Waals surface area contributed by atoms with Gasteiger partial charge in [0.15, 0.2) is 6.10 Å². The monoisotopic (exact) mass is 344 g/mol. The van der Waals surface area contributed by atoms with Gasteiger partial charge >= 0.3 is 5.97 Å². The highest BCUT2D eigenvalue weighted by atomic mass is 79.9. The zero-order valence-electron chi connectivity index (χ0n) is 11.7. The topological polar surface area (TPSA) is 26.3 Å². The smallest absolute Gasteiger partial charge is 0.313 e. The predicted molar refractivity (Wildman–Crippen MR) is 86.3 cm³/mol. The fraction of sp³-hybridized carbons (Fsp3) is 0.278. The Morgan fingerprint density at radius 2 is 1.48 bits per heavy atom. The minimum atomic E-state index is -0.337. The van der Waals surface area contributed by atoms with Crippen LogP contribution < -0.4 is 0 Å². The molecular formula is C18H17BrO2. The molecule has 2 aromatic carbocycles. The van der Waals surface area contributed by atoms with Crippen molar-refractivity contribution in [2.75, 3.05) is 5.33 Å². The lowest BCUT2D eigenvalue weighted by atomic mass is 10.0. The van der Waals surface area contributed by atoms with E-state index >= 15 is 0 Å². The summed E-state index contributed by atoms with van der Waals surface area (Å²) in [5, 5.41) is 0.676. The lowest BCUT2D eigenvalue weighted by molar-refractivity contribution is -0.153. The molecule has 0 amide bonds. The van der Waals surface area contributed by atoms with Crippen LogP contribution in [0.15, 0.2) is 60.7 Å². The van der Waals surface area contributed by atoms with E-state index in [0.717, 1.165) is 24.0 Å². The zero-order chi connectivity index (χ0) is 14.7. The van der Waals surface area contributed by atoms with Crippen LogP contribution in [0.4, 0.5) is 0 Å². The standard InChI is InChI=1S/C18H17BrO2/c19-13-18(11-12-18)17(20)21-16(14-7-3-1-4-8-14)15-9-5-2-6-10-15/h1-10,16H,11-13H2. The summed E-state index contributed by atoms with van der Waals surface area (Å²) in [4.78, 5) is 12.5. The first-order chi connectivity index (χ1) is 10.2. The maximum Gasteiger partial charge on any atom is 0.313 e. The first kappa shape index (κ1) is 14.3. The number of halogens is 1. The SMILES string of the molecule is O=C(OC(c1ccccc1)c1ccccc1)C1(CBr)CC1. The summed E-state index contributed by atoms with van der Waals surface area (Å²) < 4.78 is 5.87. The summed E-state index contributed by atoms with van der Waals surface area (Å²) in [5.74, 6) is -0.0999. The maximum atomic E-state index is 12.5. The Morgan fingerprint density at radius 1 is 1.00 bits per heavy atom. The van der Waals surface area contributed by atoms with Crippen LogP contribution >= 0.6 is 15.9 Å². The Balaban J connectivity index is 1.89. The Kier molecular flexibility index (Phi) is 4.11. The number of hydrogen-bond acceptors (Lipinski definition) is 2. The largest absolute Gasteiger partial charge is 0.452 e. The second-order valence-electron chi connectivity index (χ2n) is 5.52.